The van der Waals surface area contributed by atoms with E-state index >= 15 is 0 Å². The average molecular weight is 435 g/mol. The summed E-state index contributed by atoms with van der Waals surface area (Å²) in [5.74, 6) is 2.19. The van der Waals surface area contributed by atoms with Gasteiger partial charge in [-0.15, -0.1) is 10.2 Å². The first-order chi connectivity index (χ1) is 15.5. The van der Waals surface area contributed by atoms with Gasteiger partial charge in [0.25, 0.3) is 0 Å². The van der Waals surface area contributed by atoms with Gasteiger partial charge in [0.15, 0.2) is 11.6 Å². The fraction of sp³-hybridized carbons (Fsp3) is 0.455. The molecule has 3 aromatic rings. The molecule has 3 heterocycles. The second-order valence-electron chi connectivity index (χ2n) is 8.78. The molecule has 5 rings (SSSR count). The van der Waals surface area contributed by atoms with Crippen molar-refractivity contribution in [2.24, 2.45) is 5.92 Å². The lowest BCUT2D eigenvalue weighted by Crippen LogP contribution is -2.40. The van der Waals surface area contributed by atoms with Gasteiger partial charge >= 0.3 is 11.8 Å². The summed E-state index contributed by atoms with van der Waals surface area (Å²) in [5.41, 5.74) is 1.27. The minimum Gasteiger partial charge on any atom is -0.338 e. The van der Waals surface area contributed by atoms with Crippen molar-refractivity contribution in [2.45, 2.75) is 58.0 Å². The molecule has 0 spiro atoms. The van der Waals surface area contributed by atoms with Gasteiger partial charge in [-0.05, 0) is 37.3 Å². The zero-order chi connectivity index (χ0) is 22.2. The number of hydrogen-bond donors (Lipinski definition) is 3. The number of aromatic amines is 1. The quantitative estimate of drug-likeness (QED) is 0.511. The monoisotopic (exact) mass is 434 g/mol. The molecule has 0 bridgehead atoms. The molecule has 0 saturated heterocycles. The van der Waals surface area contributed by atoms with Crippen LogP contribution in [0.3, 0.4) is 0 Å². The molecule has 1 aliphatic carbocycles. The van der Waals surface area contributed by atoms with E-state index in [-0.39, 0.29) is 5.92 Å². The van der Waals surface area contributed by atoms with Crippen LogP contribution in [0.15, 0.2) is 24.3 Å². The van der Waals surface area contributed by atoms with Gasteiger partial charge in [0, 0.05) is 30.1 Å². The fourth-order valence-electron chi connectivity index (χ4n) is 4.01. The molecule has 2 aromatic heterocycles. The van der Waals surface area contributed by atoms with Crippen molar-refractivity contribution in [3.8, 4) is 11.4 Å². The number of benzene rings is 1. The van der Waals surface area contributed by atoms with Crippen molar-refractivity contribution in [1.29, 1.82) is 0 Å². The lowest BCUT2D eigenvalue weighted by Gasteiger charge is -2.21. The van der Waals surface area contributed by atoms with Crippen molar-refractivity contribution in [2.75, 3.05) is 5.32 Å². The minimum atomic E-state index is -0.734. The number of anilines is 1. The molecule has 1 atom stereocenters. The summed E-state index contributed by atoms with van der Waals surface area (Å²) in [6, 6.07) is 6.76. The number of hydrogen-bond acceptors (Lipinski definition) is 6. The average Bonchev–Trinajstić information content (AvgIpc) is 3.16. The number of aromatic nitrogens is 6. The van der Waals surface area contributed by atoms with Crippen molar-refractivity contribution >= 4 is 17.5 Å². The maximum absolute atomic E-state index is 12.7. The van der Waals surface area contributed by atoms with E-state index in [1.54, 1.807) is 18.2 Å². The maximum Gasteiger partial charge on any atom is 0.313 e. The molecule has 3 N–H and O–H groups in total. The number of aryl methyl sites for hydroxylation is 1. The zero-order valence-corrected chi connectivity index (χ0v) is 18.1. The van der Waals surface area contributed by atoms with Crippen LogP contribution in [0.25, 0.3) is 11.4 Å². The van der Waals surface area contributed by atoms with Crippen molar-refractivity contribution in [1.82, 2.24) is 35.3 Å². The lowest BCUT2D eigenvalue weighted by atomic mass is 10.0. The number of carbonyl (C=O) groups is 2. The molecule has 2 aliphatic rings. The SMILES string of the molecule is CC(C)[C@@H](NC(=O)C(=O)Nc1cccc(-c2n[nH]c(C3CC3)n2)c1)c1nnc2n1CCC2. The van der Waals surface area contributed by atoms with Crippen LogP contribution in [0.5, 0.6) is 0 Å². The summed E-state index contributed by atoms with van der Waals surface area (Å²) in [7, 11) is 0. The third kappa shape index (κ3) is 4.00. The Morgan fingerprint density at radius 2 is 2.03 bits per heavy atom. The van der Waals surface area contributed by atoms with Crippen LogP contribution in [-0.2, 0) is 22.6 Å². The summed E-state index contributed by atoms with van der Waals surface area (Å²) in [6.07, 6.45) is 4.17. The number of carbonyl (C=O) groups excluding carboxylic acids is 2. The number of H-pyrrole nitrogens is 1. The normalized spacial score (nSPS) is 16.1. The highest BCUT2D eigenvalue weighted by Gasteiger charge is 2.30. The Balaban J connectivity index is 1.27. The van der Waals surface area contributed by atoms with E-state index in [1.165, 1.54) is 0 Å². The van der Waals surface area contributed by atoms with Crippen LogP contribution in [0.4, 0.5) is 5.69 Å². The van der Waals surface area contributed by atoms with Crippen molar-refractivity contribution in [3.05, 3.63) is 41.7 Å². The van der Waals surface area contributed by atoms with Gasteiger partial charge in [0.05, 0.1) is 6.04 Å². The minimum absolute atomic E-state index is 0.0513. The van der Waals surface area contributed by atoms with Crippen LogP contribution in [-0.4, -0.2) is 41.8 Å². The van der Waals surface area contributed by atoms with Gasteiger partial charge in [-0.1, -0.05) is 26.0 Å². The molecule has 166 valence electrons. The Hall–Kier alpha value is -3.56. The van der Waals surface area contributed by atoms with E-state index in [4.69, 9.17) is 0 Å². The van der Waals surface area contributed by atoms with Crippen LogP contribution in [0.1, 0.15) is 62.5 Å². The highest BCUT2D eigenvalue weighted by molar-refractivity contribution is 6.39. The molecule has 10 heteroatoms. The van der Waals surface area contributed by atoms with Gasteiger partial charge in [0.1, 0.15) is 11.6 Å². The predicted octanol–water partition coefficient (Wildman–Crippen LogP) is 2.34. The highest BCUT2D eigenvalue weighted by Crippen LogP contribution is 2.38. The van der Waals surface area contributed by atoms with Gasteiger partial charge in [-0.3, -0.25) is 14.7 Å². The molecule has 1 aromatic carbocycles. The van der Waals surface area contributed by atoms with Crippen molar-refractivity contribution < 1.29 is 9.59 Å². The first kappa shape index (κ1) is 20.3. The number of amides is 2. The highest BCUT2D eigenvalue weighted by atomic mass is 16.2. The molecule has 0 unspecified atom stereocenters. The number of rotatable bonds is 6. The Labute approximate surface area is 185 Å². The molecule has 1 aliphatic heterocycles. The van der Waals surface area contributed by atoms with Gasteiger partial charge in [0.2, 0.25) is 0 Å². The summed E-state index contributed by atoms with van der Waals surface area (Å²) in [4.78, 5) is 29.8. The third-order valence-electron chi connectivity index (χ3n) is 5.92. The Morgan fingerprint density at radius 3 is 2.81 bits per heavy atom. The first-order valence-electron chi connectivity index (χ1n) is 11.1. The van der Waals surface area contributed by atoms with E-state index in [2.05, 4.69) is 36.0 Å². The van der Waals surface area contributed by atoms with Crippen LogP contribution in [0, 0.1) is 5.92 Å². The van der Waals surface area contributed by atoms with Crippen LogP contribution < -0.4 is 10.6 Å². The van der Waals surface area contributed by atoms with Gasteiger partial charge in [-0.2, -0.15) is 5.10 Å². The summed E-state index contributed by atoms with van der Waals surface area (Å²) < 4.78 is 2.04. The third-order valence-corrected chi connectivity index (χ3v) is 5.92. The topological polar surface area (TPSA) is 130 Å². The molecular formula is C22H26N8O2. The molecule has 2 amide bonds. The molecule has 1 saturated carbocycles. The molecule has 1 fully saturated rings. The van der Waals surface area contributed by atoms with E-state index in [1.807, 2.05) is 24.5 Å². The number of nitrogens with one attached hydrogen (secondary N) is 3. The smallest absolute Gasteiger partial charge is 0.313 e. The van der Waals surface area contributed by atoms with Gasteiger partial charge < -0.3 is 15.2 Å². The van der Waals surface area contributed by atoms with Crippen LogP contribution in [0.2, 0.25) is 0 Å². The van der Waals surface area contributed by atoms with E-state index in [0.717, 1.165) is 49.4 Å². The second kappa shape index (κ2) is 8.18. The maximum atomic E-state index is 12.7. The predicted molar refractivity (Wildman–Crippen MR) is 116 cm³/mol. The number of fused-ring (bicyclic) bond motifs is 1. The standard InChI is InChI=1S/C22H26N8O2/c1-12(2)17(20-29-26-16-7-4-10-30(16)20)24-22(32)21(31)23-15-6-3-5-14(11-15)19-25-18(27-28-19)13-8-9-13/h3,5-6,11-13,17H,4,7-10H2,1-2H3,(H,23,31)(H,24,32)(H,25,27,28)/t17-/m1/s1. The zero-order valence-electron chi connectivity index (χ0n) is 18.1. The first-order valence-corrected chi connectivity index (χ1v) is 11.1. The molecule has 32 heavy (non-hydrogen) atoms. The summed E-state index contributed by atoms with van der Waals surface area (Å²) in [6.45, 7) is 4.80. The Morgan fingerprint density at radius 1 is 1.19 bits per heavy atom. The Kier molecular flexibility index (Phi) is 5.20. The molecule has 0 radical (unpaired) electrons. The van der Waals surface area contributed by atoms with E-state index in [9.17, 15) is 9.59 Å². The van der Waals surface area contributed by atoms with Crippen molar-refractivity contribution in [3.63, 3.8) is 0 Å². The van der Waals surface area contributed by atoms with Crippen LogP contribution >= 0.6 is 0 Å². The van der Waals surface area contributed by atoms with E-state index < -0.39 is 17.9 Å². The molecule has 10 nitrogen and oxygen atoms in total. The summed E-state index contributed by atoms with van der Waals surface area (Å²) in [5, 5.41) is 21.3. The lowest BCUT2D eigenvalue weighted by molar-refractivity contribution is -0.136. The molecular weight excluding hydrogens is 408 g/mol. The second-order valence-corrected chi connectivity index (χ2v) is 8.78. The summed E-state index contributed by atoms with van der Waals surface area (Å²) >= 11 is 0. The number of nitrogens with zero attached hydrogens (tertiary/aromatic N) is 5. The fourth-order valence-corrected chi connectivity index (χ4v) is 4.01. The van der Waals surface area contributed by atoms with E-state index in [0.29, 0.717) is 23.3 Å². The Bertz CT molecular complexity index is 1160. The van der Waals surface area contributed by atoms with Gasteiger partial charge in [-0.25, -0.2) is 4.98 Å². The largest absolute Gasteiger partial charge is 0.338 e.